The lowest BCUT2D eigenvalue weighted by atomic mass is 10.0. The highest BCUT2D eigenvalue weighted by Crippen LogP contribution is 2.27. The predicted molar refractivity (Wildman–Crippen MR) is 116 cm³/mol. The number of benzene rings is 2. The third kappa shape index (κ3) is 4.89. The third-order valence-corrected chi connectivity index (χ3v) is 4.83. The van der Waals surface area contributed by atoms with Gasteiger partial charge in [0.25, 0.3) is 0 Å². The molecule has 1 heterocycles. The lowest BCUT2D eigenvalue weighted by Gasteiger charge is -2.10. The zero-order chi connectivity index (χ0) is 21.7. The quantitative estimate of drug-likeness (QED) is 0.442. The Kier molecular flexibility index (Phi) is 6.57. The van der Waals surface area contributed by atoms with Crippen molar-refractivity contribution in [3.05, 3.63) is 65.4 Å². The number of allylic oxidation sites excluding steroid dienone is 1. The smallest absolute Gasteiger partial charge is 0.244 e. The van der Waals surface area contributed by atoms with Gasteiger partial charge in [0, 0.05) is 24.9 Å². The van der Waals surface area contributed by atoms with Crippen molar-refractivity contribution >= 4 is 28.2 Å². The molecular formula is C24H25NO5. The minimum Gasteiger partial charge on any atom is -0.493 e. The van der Waals surface area contributed by atoms with Crippen molar-refractivity contribution in [2.24, 2.45) is 0 Å². The Balaban J connectivity index is 1.62. The monoisotopic (exact) mass is 407 g/mol. The zero-order valence-corrected chi connectivity index (χ0v) is 17.6. The Labute approximate surface area is 175 Å². The number of furan rings is 1. The van der Waals surface area contributed by atoms with Gasteiger partial charge in [-0.3, -0.25) is 9.59 Å². The first-order chi connectivity index (χ1) is 14.4. The van der Waals surface area contributed by atoms with E-state index in [1.807, 2.05) is 43.3 Å². The summed E-state index contributed by atoms with van der Waals surface area (Å²) >= 11 is 0. The van der Waals surface area contributed by atoms with Crippen LogP contribution >= 0.6 is 0 Å². The molecule has 30 heavy (non-hydrogen) atoms. The average molecular weight is 407 g/mol. The average Bonchev–Trinajstić information content (AvgIpc) is 3.17. The van der Waals surface area contributed by atoms with Gasteiger partial charge in [-0.05, 0) is 60.4 Å². The summed E-state index contributed by atoms with van der Waals surface area (Å²) in [6, 6.07) is 13.0. The van der Waals surface area contributed by atoms with Crippen LogP contribution in [0.15, 0.2) is 53.0 Å². The summed E-state index contributed by atoms with van der Waals surface area (Å²) in [6.45, 7) is 3.85. The highest BCUT2D eigenvalue weighted by Gasteiger charge is 2.09. The maximum atomic E-state index is 12.3. The number of Topliss-reactive ketones (excluding diaryl/α,β-unsaturated/α-hetero) is 1. The van der Waals surface area contributed by atoms with Gasteiger partial charge in [-0.2, -0.15) is 0 Å². The summed E-state index contributed by atoms with van der Waals surface area (Å²) in [5.41, 5.74) is 3.41. The van der Waals surface area contributed by atoms with Gasteiger partial charge in [-0.15, -0.1) is 0 Å². The number of rotatable bonds is 8. The van der Waals surface area contributed by atoms with Gasteiger partial charge >= 0.3 is 0 Å². The molecule has 0 aliphatic carbocycles. The fourth-order valence-electron chi connectivity index (χ4n) is 3.16. The highest BCUT2D eigenvalue weighted by molar-refractivity contribution is 5.98. The molecule has 0 bridgehead atoms. The number of hydrogen-bond acceptors (Lipinski definition) is 5. The van der Waals surface area contributed by atoms with Crippen molar-refractivity contribution in [1.29, 1.82) is 0 Å². The molecule has 0 saturated heterocycles. The van der Waals surface area contributed by atoms with E-state index in [4.69, 9.17) is 13.9 Å². The van der Waals surface area contributed by atoms with Gasteiger partial charge in [-0.1, -0.05) is 12.1 Å². The Morgan fingerprint density at radius 3 is 2.47 bits per heavy atom. The first kappa shape index (κ1) is 21.2. The van der Waals surface area contributed by atoms with Gasteiger partial charge < -0.3 is 19.2 Å². The van der Waals surface area contributed by atoms with Gasteiger partial charge in [0.05, 0.1) is 14.2 Å². The van der Waals surface area contributed by atoms with E-state index < -0.39 is 0 Å². The van der Waals surface area contributed by atoms with Gasteiger partial charge in [0.1, 0.15) is 5.58 Å². The second-order valence-corrected chi connectivity index (χ2v) is 6.98. The normalized spacial score (nSPS) is 11.4. The molecule has 0 saturated carbocycles. The molecule has 3 aromatic rings. The number of methoxy groups -OCH3 is 2. The summed E-state index contributed by atoms with van der Waals surface area (Å²) in [5, 5.41) is 3.74. The van der Waals surface area contributed by atoms with Crippen LogP contribution in [0.2, 0.25) is 0 Å². The minimum absolute atomic E-state index is 0.117. The topological polar surface area (TPSA) is 77.8 Å². The number of amides is 1. The Morgan fingerprint density at radius 1 is 1.00 bits per heavy atom. The van der Waals surface area contributed by atoms with E-state index in [2.05, 4.69) is 5.32 Å². The van der Waals surface area contributed by atoms with E-state index in [1.54, 1.807) is 26.4 Å². The van der Waals surface area contributed by atoms with Crippen LogP contribution in [-0.4, -0.2) is 32.5 Å². The number of nitrogens with one attached hydrogen (secondary N) is 1. The molecule has 156 valence electrons. The zero-order valence-electron chi connectivity index (χ0n) is 17.6. The van der Waals surface area contributed by atoms with Crippen LogP contribution in [-0.2, 0) is 11.2 Å². The SMILES string of the molecule is COc1ccc(CCNC(=O)/C=C(/C)c2ccc3oc(C(C)=O)cc3c2)cc1OC. The first-order valence-electron chi connectivity index (χ1n) is 9.63. The van der Waals surface area contributed by atoms with Crippen LogP contribution in [0.4, 0.5) is 0 Å². The fraction of sp³-hybridized carbons (Fsp3) is 0.250. The molecule has 6 heteroatoms. The molecule has 0 fully saturated rings. The molecule has 6 nitrogen and oxygen atoms in total. The fourth-order valence-corrected chi connectivity index (χ4v) is 3.16. The molecule has 0 unspecified atom stereocenters. The van der Waals surface area contributed by atoms with Gasteiger partial charge in [-0.25, -0.2) is 0 Å². The predicted octanol–water partition coefficient (Wildman–Crippen LogP) is 4.41. The molecule has 2 aromatic carbocycles. The van der Waals surface area contributed by atoms with Crippen LogP contribution in [0, 0.1) is 0 Å². The molecule has 0 spiro atoms. The van der Waals surface area contributed by atoms with Crippen molar-refractivity contribution < 1.29 is 23.5 Å². The summed E-state index contributed by atoms with van der Waals surface area (Å²) < 4.78 is 16.0. The molecular weight excluding hydrogens is 382 g/mol. The number of ketones is 1. The van der Waals surface area contributed by atoms with E-state index in [-0.39, 0.29) is 11.7 Å². The largest absolute Gasteiger partial charge is 0.493 e. The van der Waals surface area contributed by atoms with Crippen LogP contribution in [0.25, 0.3) is 16.5 Å². The molecule has 3 rings (SSSR count). The highest BCUT2D eigenvalue weighted by atomic mass is 16.5. The van der Waals surface area contributed by atoms with Crippen LogP contribution < -0.4 is 14.8 Å². The van der Waals surface area contributed by atoms with E-state index in [1.165, 1.54) is 6.92 Å². The third-order valence-electron chi connectivity index (χ3n) is 4.83. The van der Waals surface area contributed by atoms with Crippen LogP contribution in [0.5, 0.6) is 11.5 Å². The molecule has 0 radical (unpaired) electrons. The summed E-state index contributed by atoms with van der Waals surface area (Å²) in [7, 11) is 3.19. The number of fused-ring (bicyclic) bond motifs is 1. The van der Waals surface area contributed by atoms with Crippen molar-refractivity contribution in [3.63, 3.8) is 0 Å². The van der Waals surface area contributed by atoms with Crippen molar-refractivity contribution in [2.75, 3.05) is 20.8 Å². The number of carbonyl (C=O) groups excluding carboxylic acids is 2. The second kappa shape index (κ2) is 9.31. The number of carbonyl (C=O) groups is 2. The summed E-state index contributed by atoms with van der Waals surface area (Å²) in [5.74, 6) is 1.39. The van der Waals surface area contributed by atoms with Crippen molar-refractivity contribution in [1.82, 2.24) is 5.32 Å². The molecule has 0 aliphatic rings. The Morgan fingerprint density at radius 2 is 1.77 bits per heavy atom. The van der Waals surface area contributed by atoms with Gasteiger partial charge in [0.15, 0.2) is 23.0 Å². The van der Waals surface area contributed by atoms with E-state index in [9.17, 15) is 9.59 Å². The molecule has 0 atom stereocenters. The minimum atomic E-state index is -0.162. The van der Waals surface area contributed by atoms with Crippen molar-refractivity contribution in [3.8, 4) is 11.5 Å². The van der Waals surface area contributed by atoms with E-state index in [0.29, 0.717) is 35.8 Å². The number of ether oxygens (including phenoxy) is 2. The Bertz CT molecular complexity index is 1110. The maximum Gasteiger partial charge on any atom is 0.244 e. The lowest BCUT2D eigenvalue weighted by molar-refractivity contribution is -0.116. The van der Waals surface area contributed by atoms with E-state index in [0.717, 1.165) is 22.1 Å². The molecule has 1 amide bonds. The van der Waals surface area contributed by atoms with E-state index >= 15 is 0 Å². The van der Waals surface area contributed by atoms with Crippen molar-refractivity contribution in [2.45, 2.75) is 20.3 Å². The number of hydrogen-bond donors (Lipinski definition) is 1. The van der Waals surface area contributed by atoms with Crippen LogP contribution in [0.3, 0.4) is 0 Å². The lowest BCUT2D eigenvalue weighted by Crippen LogP contribution is -2.23. The molecule has 1 aromatic heterocycles. The summed E-state index contributed by atoms with van der Waals surface area (Å²) in [4.78, 5) is 23.8. The standard InChI is InChI=1S/C24H25NO5/c1-15(18-6-8-20-19(13-18)14-22(30-20)16(2)26)11-24(27)25-10-9-17-5-7-21(28-3)23(12-17)29-4/h5-8,11-14H,9-10H2,1-4H3,(H,25,27)/b15-11-. The Hall–Kier alpha value is -3.54. The second-order valence-electron chi connectivity index (χ2n) is 6.98. The maximum absolute atomic E-state index is 12.3. The van der Waals surface area contributed by atoms with Crippen LogP contribution in [0.1, 0.15) is 35.5 Å². The summed E-state index contributed by atoms with van der Waals surface area (Å²) in [6.07, 6.45) is 2.25. The molecule has 0 aliphatic heterocycles. The first-order valence-corrected chi connectivity index (χ1v) is 9.63. The molecule has 1 N–H and O–H groups in total. The van der Waals surface area contributed by atoms with Gasteiger partial charge in [0.2, 0.25) is 5.91 Å².